The number of halogens is 2. The van der Waals surface area contributed by atoms with Crippen LogP contribution in [0.15, 0.2) is 40.8 Å². The molecule has 1 fully saturated rings. The first-order valence-corrected chi connectivity index (χ1v) is 7.74. The summed E-state index contributed by atoms with van der Waals surface area (Å²) in [6.07, 6.45) is 0. The van der Waals surface area contributed by atoms with Crippen molar-refractivity contribution in [1.82, 2.24) is 4.90 Å². The first-order chi connectivity index (χ1) is 11.0. The third kappa shape index (κ3) is 3.21. The van der Waals surface area contributed by atoms with Gasteiger partial charge in [0.15, 0.2) is 11.0 Å². The number of rotatable bonds is 3. The monoisotopic (exact) mass is 353 g/mol. The maximum atomic E-state index is 12.4. The largest absolute Gasteiger partial charge is 0.481 e. The van der Waals surface area contributed by atoms with Gasteiger partial charge in [-0.3, -0.25) is 9.59 Å². The third-order valence-corrected chi connectivity index (χ3v) is 4.46. The summed E-state index contributed by atoms with van der Waals surface area (Å²) < 4.78 is 5.12. The van der Waals surface area contributed by atoms with Crippen LogP contribution in [0.25, 0.3) is 0 Å². The molecule has 1 aromatic heterocycles. The molecule has 0 saturated carbocycles. The lowest BCUT2D eigenvalue weighted by molar-refractivity contribution is -0.141. The van der Waals surface area contributed by atoms with Gasteiger partial charge in [-0.25, -0.2) is 0 Å². The van der Waals surface area contributed by atoms with Gasteiger partial charge in [-0.15, -0.1) is 0 Å². The van der Waals surface area contributed by atoms with Crippen LogP contribution in [0.4, 0.5) is 0 Å². The molecule has 23 heavy (non-hydrogen) atoms. The molecule has 1 N–H and O–H groups in total. The lowest BCUT2D eigenvalue weighted by Crippen LogP contribution is -2.29. The van der Waals surface area contributed by atoms with Gasteiger partial charge in [-0.05, 0) is 41.4 Å². The van der Waals surface area contributed by atoms with E-state index in [0.717, 1.165) is 5.56 Å². The third-order valence-electron chi connectivity index (χ3n) is 4.01. The molecule has 0 bridgehead atoms. The highest BCUT2D eigenvalue weighted by molar-refractivity contribution is 6.30. The maximum absolute atomic E-state index is 12.4. The van der Waals surface area contributed by atoms with Crippen LogP contribution in [0.1, 0.15) is 22.0 Å². The highest BCUT2D eigenvalue weighted by Crippen LogP contribution is 2.34. The summed E-state index contributed by atoms with van der Waals surface area (Å²) in [7, 11) is 0. The van der Waals surface area contributed by atoms with Crippen molar-refractivity contribution in [3.63, 3.8) is 0 Å². The Balaban J connectivity index is 1.85. The number of carbonyl (C=O) groups excluding carboxylic acids is 1. The van der Waals surface area contributed by atoms with E-state index in [9.17, 15) is 14.7 Å². The van der Waals surface area contributed by atoms with E-state index in [4.69, 9.17) is 27.6 Å². The lowest BCUT2D eigenvalue weighted by Gasteiger charge is -2.15. The summed E-state index contributed by atoms with van der Waals surface area (Å²) in [6, 6.07) is 9.98. The fraction of sp³-hybridized carbons (Fsp3) is 0.250. The number of likely N-dealkylation sites (tertiary alicyclic amines) is 1. The predicted molar refractivity (Wildman–Crippen MR) is 84.9 cm³/mol. The number of nitrogens with zero attached hydrogens (tertiary/aromatic N) is 1. The Kier molecular flexibility index (Phi) is 4.33. The van der Waals surface area contributed by atoms with Crippen LogP contribution >= 0.6 is 23.2 Å². The molecule has 1 aromatic carbocycles. The van der Waals surface area contributed by atoms with Crippen molar-refractivity contribution in [2.24, 2.45) is 5.92 Å². The average Bonchev–Trinajstić information content (AvgIpc) is 3.14. The van der Waals surface area contributed by atoms with Crippen LogP contribution in [0.5, 0.6) is 0 Å². The van der Waals surface area contributed by atoms with Crippen LogP contribution in [-0.2, 0) is 4.79 Å². The van der Waals surface area contributed by atoms with Crippen LogP contribution in [0.2, 0.25) is 10.2 Å². The smallest absolute Gasteiger partial charge is 0.308 e. The first-order valence-electron chi connectivity index (χ1n) is 6.98. The van der Waals surface area contributed by atoms with E-state index in [0.29, 0.717) is 11.6 Å². The number of hydrogen-bond donors (Lipinski definition) is 1. The molecule has 0 aliphatic carbocycles. The van der Waals surface area contributed by atoms with Crippen molar-refractivity contribution in [1.29, 1.82) is 0 Å². The molecule has 1 aliphatic rings. The molecular formula is C16H13Cl2NO4. The summed E-state index contributed by atoms with van der Waals surface area (Å²) in [4.78, 5) is 25.5. The van der Waals surface area contributed by atoms with Gasteiger partial charge in [0.05, 0.1) is 5.92 Å². The van der Waals surface area contributed by atoms with Gasteiger partial charge in [0.25, 0.3) is 5.91 Å². The number of furan rings is 1. The number of carboxylic acids is 1. The second kappa shape index (κ2) is 6.26. The zero-order chi connectivity index (χ0) is 16.6. The van der Waals surface area contributed by atoms with E-state index < -0.39 is 11.9 Å². The number of amides is 1. The molecule has 2 heterocycles. The van der Waals surface area contributed by atoms with Crippen LogP contribution in [-0.4, -0.2) is 35.0 Å². The summed E-state index contributed by atoms with van der Waals surface area (Å²) in [5.41, 5.74) is 0.842. The normalized spacial score (nSPS) is 20.7. The number of benzene rings is 1. The van der Waals surface area contributed by atoms with Crippen LogP contribution in [0, 0.1) is 5.92 Å². The molecule has 2 aromatic rings. The molecule has 0 radical (unpaired) electrons. The van der Waals surface area contributed by atoms with Gasteiger partial charge in [-0.1, -0.05) is 23.7 Å². The minimum atomic E-state index is -0.933. The zero-order valence-corrected chi connectivity index (χ0v) is 13.4. The van der Waals surface area contributed by atoms with Crippen molar-refractivity contribution in [2.75, 3.05) is 13.1 Å². The molecule has 0 unspecified atom stereocenters. The second-order valence-corrected chi connectivity index (χ2v) is 6.23. The van der Waals surface area contributed by atoms with Gasteiger partial charge in [0, 0.05) is 24.0 Å². The van der Waals surface area contributed by atoms with Crippen molar-refractivity contribution in [2.45, 2.75) is 5.92 Å². The molecule has 7 heteroatoms. The van der Waals surface area contributed by atoms with Crippen LogP contribution in [0.3, 0.4) is 0 Å². The summed E-state index contributed by atoms with van der Waals surface area (Å²) in [5.74, 6) is -2.15. The van der Waals surface area contributed by atoms with Crippen molar-refractivity contribution >= 4 is 35.1 Å². The number of carbonyl (C=O) groups is 2. The quantitative estimate of drug-likeness (QED) is 0.916. The molecule has 2 atom stereocenters. The average molecular weight is 354 g/mol. The van der Waals surface area contributed by atoms with E-state index in [1.807, 2.05) is 0 Å². The predicted octanol–water partition coefficient (Wildman–Crippen LogP) is 3.53. The topological polar surface area (TPSA) is 70.8 Å². The number of carboxylic acid groups (broad SMARTS) is 1. The van der Waals surface area contributed by atoms with E-state index in [1.165, 1.54) is 17.0 Å². The van der Waals surface area contributed by atoms with Crippen molar-refractivity contribution in [3.8, 4) is 0 Å². The Morgan fingerprint density at radius 1 is 1.09 bits per heavy atom. The van der Waals surface area contributed by atoms with Gasteiger partial charge < -0.3 is 14.4 Å². The van der Waals surface area contributed by atoms with Gasteiger partial charge >= 0.3 is 5.97 Å². The molecule has 0 spiro atoms. The van der Waals surface area contributed by atoms with E-state index in [2.05, 4.69) is 0 Å². The van der Waals surface area contributed by atoms with Crippen molar-refractivity contribution < 1.29 is 19.1 Å². The highest BCUT2D eigenvalue weighted by Gasteiger charge is 2.41. The Hall–Kier alpha value is -1.98. The molecule has 5 nitrogen and oxygen atoms in total. The molecule has 1 amide bonds. The van der Waals surface area contributed by atoms with Crippen LogP contribution < -0.4 is 0 Å². The maximum Gasteiger partial charge on any atom is 0.308 e. The molecular weight excluding hydrogens is 341 g/mol. The molecule has 1 aliphatic heterocycles. The van der Waals surface area contributed by atoms with E-state index >= 15 is 0 Å². The summed E-state index contributed by atoms with van der Waals surface area (Å²) >= 11 is 11.6. The Morgan fingerprint density at radius 3 is 2.35 bits per heavy atom. The van der Waals surface area contributed by atoms with Gasteiger partial charge in [0.1, 0.15) is 0 Å². The standard InChI is InChI=1S/C16H13Cl2NO4/c17-10-3-1-9(2-4-10)11-7-19(8-12(11)16(21)22)15(20)13-5-6-14(18)23-13/h1-6,11-12H,7-8H2,(H,21,22)/t11-,12+/m0/s1. The zero-order valence-electron chi connectivity index (χ0n) is 11.9. The summed E-state index contributed by atoms with van der Waals surface area (Å²) in [5, 5.41) is 10.2. The Labute approximate surface area is 142 Å². The minimum absolute atomic E-state index is 0.107. The van der Waals surface area contributed by atoms with Gasteiger partial charge in [-0.2, -0.15) is 0 Å². The Bertz CT molecular complexity index is 741. The van der Waals surface area contributed by atoms with Crippen molar-refractivity contribution in [3.05, 3.63) is 58.0 Å². The first kappa shape index (κ1) is 15.9. The van der Waals surface area contributed by atoms with Gasteiger partial charge in [0.2, 0.25) is 0 Å². The summed E-state index contributed by atoms with van der Waals surface area (Å²) in [6.45, 7) is 0.426. The molecule has 3 rings (SSSR count). The number of hydrogen-bond acceptors (Lipinski definition) is 3. The molecule has 120 valence electrons. The number of aliphatic carboxylic acids is 1. The lowest BCUT2D eigenvalue weighted by atomic mass is 9.89. The molecule has 1 saturated heterocycles. The highest BCUT2D eigenvalue weighted by atomic mass is 35.5. The SMILES string of the molecule is O=C(O)[C@@H]1CN(C(=O)c2ccc(Cl)o2)C[C@H]1c1ccc(Cl)cc1. The van der Waals surface area contributed by atoms with E-state index in [-0.39, 0.29) is 29.3 Å². The fourth-order valence-electron chi connectivity index (χ4n) is 2.85. The van der Waals surface area contributed by atoms with E-state index in [1.54, 1.807) is 24.3 Å². The second-order valence-electron chi connectivity index (χ2n) is 5.42. The minimum Gasteiger partial charge on any atom is -0.481 e. The Morgan fingerprint density at radius 2 is 1.78 bits per heavy atom. The fourth-order valence-corrected chi connectivity index (χ4v) is 3.12.